The van der Waals surface area contributed by atoms with Crippen LogP contribution >= 0.6 is 0 Å². The number of hydrogen-bond acceptors (Lipinski definition) is 5. The van der Waals surface area contributed by atoms with Gasteiger partial charge in [0.15, 0.2) is 0 Å². The number of esters is 1. The van der Waals surface area contributed by atoms with Gasteiger partial charge in [0.1, 0.15) is 6.07 Å². The van der Waals surface area contributed by atoms with Crippen LogP contribution in [0.15, 0.2) is 47.6 Å². The zero-order valence-electron chi connectivity index (χ0n) is 16.4. The number of nitrogens with zero attached hydrogens (tertiary/aromatic N) is 5. The molecule has 0 N–H and O–H groups in total. The summed E-state index contributed by atoms with van der Waals surface area (Å²) in [5.74, 6) is -0.316. The van der Waals surface area contributed by atoms with Gasteiger partial charge in [-0.2, -0.15) is 5.26 Å². The van der Waals surface area contributed by atoms with Gasteiger partial charge in [-0.05, 0) is 54.1 Å². The van der Waals surface area contributed by atoms with Gasteiger partial charge in [0.2, 0.25) is 0 Å². The Balaban J connectivity index is 1.59. The number of fused-ring (bicyclic) bond motifs is 1. The lowest BCUT2D eigenvalue weighted by molar-refractivity contribution is 0.0502. The molecule has 148 valence electrons. The van der Waals surface area contributed by atoms with Crippen molar-refractivity contribution < 1.29 is 9.53 Å². The molecule has 0 aromatic heterocycles. The van der Waals surface area contributed by atoms with Gasteiger partial charge >= 0.3 is 5.97 Å². The van der Waals surface area contributed by atoms with Gasteiger partial charge in [0, 0.05) is 24.0 Å². The van der Waals surface area contributed by atoms with Gasteiger partial charge in [0.05, 0.1) is 23.4 Å². The van der Waals surface area contributed by atoms with Gasteiger partial charge in [-0.3, -0.25) is 0 Å². The Bertz CT molecular complexity index is 961. The quantitative estimate of drug-likeness (QED) is 0.219. The van der Waals surface area contributed by atoms with Crippen molar-refractivity contribution in [3.63, 3.8) is 0 Å². The molecule has 0 saturated heterocycles. The number of anilines is 1. The minimum atomic E-state index is -0.316. The average molecular weight is 389 g/mol. The molecule has 29 heavy (non-hydrogen) atoms. The second-order valence-electron chi connectivity index (χ2n) is 7.11. The van der Waals surface area contributed by atoms with Crippen LogP contribution in [0.5, 0.6) is 0 Å². The molecule has 0 saturated carbocycles. The number of hydrogen-bond donors (Lipinski definition) is 0. The largest absolute Gasteiger partial charge is 0.462 e. The van der Waals surface area contributed by atoms with Gasteiger partial charge in [0.25, 0.3) is 0 Å². The van der Waals surface area contributed by atoms with Crippen molar-refractivity contribution in [2.24, 2.45) is 5.11 Å². The monoisotopic (exact) mass is 389 g/mol. The maximum atomic E-state index is 12.0. The van der Waals surface area contributed by atoms with E-state index < -0.39 is 0 Å². The molecular weight excluding hydrogens is 366 g/mol. The number of nitriles is 1. The Labute approximate surface area is 170 Å². The van der Waals surface area contributed by atoms with Crippen molar-refractivity contribution in [2.45, 2.75) is 32.2 Å². The van der Waals surface area contributed by atoms with Gasteiger partial charge in [-0.25, -0.2) is 4.79 Å². The van der Waals surface area contributed by atoms with E-state index in [-0.39, 0.29) is 12.0 Å². The normalized spacial score (nSPS) is 13.2. The first-order valence-corrected chi connectivity index (χ1v) is 9.69. The molecule has 1 heterocycles. The van der Waals surface area contributed by atoms with Crippen LogP contribution in [-0.4, -0.2) is 31.7 Å². The second-order valence-corrected chi connectivity index (χ2v) is 7.11. The average Bonchev–Trinajstić information content (AvgIpc) is 3.14. The Hall–Kier alpha value is -3.49. The zero-order chi connectivity index (χ0) is 20.6. The molecule has 7 heteroatoms. The van der Waals surface area contributed by atoms with E-state index in [4.69, 9.17) is 10.3 Å². The first-order chi connectivity index (χ1) is 14.1. The standard InChI is InChI=1S/C22H23N5O2/c1-16(25-26-24)12-17-13-19-8-10-27(21(19)20(14-17)15-23)9-5-11-29-22(28)18-6-3-2-4-7-18/h2-4,6-7,13-14,16H,5,8-12H2,1H3. The Kier molecular flexibility index (Phi) is 6.72. The summed E-state index contributed by atoms with van der Waals surface area (Å²) >= 11 is 0. The van der Waals surface area contributed by atoms with Crippen molar-refractivity contribution >= 4 is 11.7 Å². The Morgan fingerprint density at radius 2 is 2.17 bits per heavy atom. The van der Waals surface area contributed by atoms with E-state index >= 15 is 0 Å². The number of benzene rings is 2. The molecule has 1 aliphatic heterocycles. The lowest BCUT2D eigenvalue weighted by Crippen LogP contribution is -2.24. The summed E-state index contributed by atoms with van der Waals surface area (Å²) in [7, 11) is 0. The third-order valence-electron chi connectivity index (χ3n) is 4.93. The Morgan fingerprint density at radius 1 is 1.38 bits per heavy atom. The van der Waals surface area contributed by atoms with Crippen molar-refractivity contribution in [1.29, 1.82) is 5.26 Å². The molecule has 0 radical (unpaired) electrons. The van der Waals surface area contributed by atoms with Gasteiger partial charge in [-0.1, -0.05) is 36.3 Å². The van der Waals surface area contributed by atoms with Crippen LogP contribution in [0.1, 0.15) is 40.4 Å². The third kappa shape index (κ3) is 5.07. The van der Waals surface area contributed by atoms with E-state index in [2.05, 4.69) is 27.1 Å². The number of carbonyl (C=O) groups excluding carboxylic acids is 1. The highest BCUT2D eigenvalue weighted by Crippen LogP contribution is 2.33. The summed E-state index contributed by atoms with van der Waals surface area (Å²) in [6.45, 7) is 3.76. The molecule has 0 fully saturated rings. The van der Waals surface area contributed by atoms with E-state index in [9.17, 15) is 10.1 Å². The maximum Gasteiger partial charge on any atom is 0.338 e. The Morgan fingerprint density at radius 3 is 2.90 bits per heavy atom. The molecule has 7 nitrogen and oxygen atoms in total. The predicted octanol–water partition coefficient (Wildman–Crippen LogP) is 4.41. The molecule has 0 amide bonds. The minimum absolute atomic E-state index is 0.151. The number of azide groups is 1. The van der Waals surface area contributed by atoms with Crippen LogP contribution in [0.25, 0.3) is 10.4 Å². The predicted molar refractivity (Wildman–Crippen MR) is 111 cm³/mol. The summed E-state index contributed by atoms with van der Waals surface area (Å²) in [6, 6.07) is 15.1. The summed E-state index contributed by atoms with van der Waals surface area (Å²) < 4.78 is 5.35. The molecule has 0 aliphatic carbocycles. The van der Waals surface area contributed by atoms with E-state index in [1.807, 2.05) is 31.2 Å². The van der Waals surface area contributed by atoms with Crippen molar-refractivity contribution in [1.82, 2.24) is 0 Å². The maximum absolute atomic E-state index is 12.0. The molecule has 0 bridgehead atoms. The van der Waals surface area contributed by atoms with Crippen molar-refractivity contribution in [3.8, 4) is 6.07 Å². The molecule has 1 unspecified atom stereocenters. The van der Waals surface area contributed by atoms with Crippen molar-refractivity contribution in [2.75, 3.05) is 24.6 Å². The topological polar surface area (TPSA) is 102 Å². The molecule has 0 spiro atoms. The van der Waals surface area contributed by atoms with Gasteiger partial charge in [-0.15, -0.1) is 0 Å². The van der Waals surface area contributed by atoms with E-state index in [1.54, 1.807) is 12.1 Å². The van der Waals surface area contributed by atoms with Crippen LogP contribution in [0.3, 0.4) is 0 Å². The van der Waals surface area contributed by atoms with E-state index in [1.165, 1.54) is 0 Å². The molecule has 1 aliphatic rings. The summed E-state index contributed by atoms with van der Waals surface area (Å²) in [5.41, 5.74) is 12.9. The van der Waals surface area contributed by atoms with E-state index in [0.717, 1.165) is 36.3 Å². The van der Waals surface area contributed by atoms with E-state index in [0.29, 0.717) is 30.6 Å². The fourth-order valence-electron chi connectivity index (χ4n) is 3.67. The third-order valence-corrected chi connectivity index (χ3v) is 4.93. The number of carbonyl (C=O) groups is 1. The SMILES string of the molecule is CC(Cc1cc(C#N)c2c(c1)CCN2CCCOC(=O)c1ccccc1)N=[N+]=[N-]. The van der Waals surface area contributed by atoms with Crippen LogP contribution in [0, 0.1) is 11.3 Å². The summed E-state index contributed by atoms with van der Waals surface area (Å²) in [4.78, 5) is 17.0. The fourth-order valence-corrected chi connectivity index (χ4v) is 3.67. The second kappa shape index (κ2) is 9.63. The zero-order valence-corrected chi connectivity index (χ0v) is 16.4. The fraction of sp³-hybridized carbons (Fsp3) is 0.364. The first-order valence-electron chi connectivity index (χ1n) is 9.69. The van der Waals surface area contributed by atoms with Crippen LogP contribution in [-0.2, 0) is 17.6 Å². The highest BCUT2D eigenvalue weighted by atomic mass is 16.5. The number of rotatable bonds is 8. The highest BCUT2D eigenvalue weighted by molar-refractivity contribution is 5.89. The number of ether oxygens (including phenoxy) is 1. The summed E-state index contributed by atoms with van der Waals surface area (Å²) in [5, 5.41) is 13.3. The minimum Gasteiger partial charge on any atom is -0.462 e. The molecular formula is C22H23N5O2. The lowest BCUT2D eigenvalue weighted by atomic mass is 9.99. The smallest absolute Gasteiger partial charge is 0.338 e. The van der Waals surface area contributed by atoms with Crippen LogP contribution in [0.2, 0.25) is 0 Å². The first kappa shape index (κ1) is 20.2. The molecule has 1 atom stereocenters. The summed E-state index contributed by atoms with van der Waals surface area (Å²) in [6.07, 6.45) is 2.18. The van der Waals surface area contributed by atoms with Gasteiger partial charge < -0.3 is 9.64 Å². The van der Waals surface area contributed by atoms with Crippen LogP contribution < -0.4 is 4.90 Å². The van der Waals surface area contributed by atoms with Crippen LogP contribution in [0.4, 0.5) is 5.69 Å². The lowest BCUT2D eigenvalue weighted by Gasteiger charge is -2.21. The molecule has 2 aromatic carbocycles. The molecule has 3 rings (SSSR count). The van der Waals surface area contributed by atoms with Crippen molar-refractivity contribution in [3.05, 3.63) is 75.2 Å². The highest BCUT2D eigenvalue weighted by Gasteiger charge is 2.23. The molecule has 2 aromatic rings.